The van der Waals surface area contributed by atoms with Crippen molar-refractivity contribution in [2.45, 2.75) is 0 Å². The molecule has 6 heteroatoms. The summed E-state index contributed by atoms with van der Waals surface area (Å²) in [5, 5.41) is 0. The Morgan fingerprint density at radius 1 is 1.29 bits per heavy atom. The van der Waals surface area contributed by atoms with Crippen molar-refractivity contribution in [3.8, 4) is 0 Å². The van der Waals surface area contributed by atoms with Gasteiger partial charge in [0.25, 0.3) is 0 Å². The quantitative estimate of drug-likeness (QED) is 0.599. The van der Waals surface area contributed by atoms with E-state index in [0.29, 0.717) is 0 Å². The lowest BCUT2D eigenvalue weighted by atomic mass is 11.8. The average molecular weight is 165 g/mol. The lowest BCUT2D eigenvalue weighted by Gasteiger charge is -1.99. The number of hydrogen-bond donors (Lipinski definition) is 0. The lowest BCUT2D eigenvalue weighted by Crippen LogP contribution is -1.73. The molecule has 0 aliphatic rings. The topological polar surface area (TPSA) is 27.7 Å². The fourth-order valence-electron chi connectivity index (χ4n) is 0.0670. The van der Waals surface area contributed by atoms with Gasteiger partial charge in [0.1, 0.15) is 0 Å². The summed E-state index contributed by atoms with van der Waals surface area (Å²) < 4.78 is 12.4. The molecule has 44 valence electrons. The van der Waals surface area contributed by atoms with E-state index in [1.165, 1.54) is 7.11 Å². The van der Waals surface area contributed by atoms with Crippen LogP contribution < -0.4 is 0 Å². The molecule has 0 aromatic heterocycles. The molecule has 0 N–H and O–H groups in total. The van der Waals surface area contributed by atoms with Crippen molar-refractivity contribution < 1.29 is 12.7 Å². The molecule has 0 amide bonds. The number of rotatable bonds is 3. The van der Waals surface area contributed by atoms with Crippen LogP contribution in [0.4, 0.5) is 0 Å². The Labute approximate surface area is 52.8 Å². The SMILES string of the molecule is COP(OCl)OCl. The van der Waals surface area contributed by atoms with Crippen molar-refractivity contribution >= 4 is 32.3 Å². The zero-order valence-electron chi connectivity index (χ0n) is 3.43. The van der Waals surface area contributed by atoms with Crippen LogP contribution in [0.15, 0.2) is 0 Å². The molecule has 0 aliphatic carbocycles. The van der Waals surface area contributed by atoms with Crippen molar-refractivity contribution in [3.63, 3.8) is 0 Å². The molecule has 0 aromatic carbocycles. The van der Waals surface area contributed by atoms with Crippen molar-refractivity contribution in [1.29, 1.82) is 0 Å². The standard InChI is InChI=1S/CH3Cl2O3P/c1-4-7(5-2)6-3/h1H3. The molecule has 3 nitrogen and oxygen atoms in total. The van der Waals surface area contributed by atoms with Gasteiger partial charge >= 0.3 is 8.60 Å². The first-order valence-corrected chi connectivity index (χ1v) is 2.98. The van der Waals surface area contributed by atoms with Crippen molar-refractivity contribution in [3.05, 3.63) is 0 Å². The average Bonchev–Trinajstić information content (AvgIpc) is 1.72. The number of halogens is 2. The van der Waals surface area contributed by atoms with Crippen LogP contribution in [0.3, 0.4) is 0 Å². The van der Waals surface area contributed by atoms with Gasteiger partial charge in [0.2, 0.25) is 0 Å². The highest BCUT2D eigenvalue weighted by Crippen LogP contribution is 2.40. The molecule has 0 saturated carbocycles. The van der Waals surface area contributed by atoms with Gasteiger partial charge in [-0.25, -0.2) is 0 Å². The summed E-state index contributed by atoms with van der Waals surface area (Å²) in [5.41, 5.74) is 0. The third kappa shape index (κ3) is 3.47. The second kappa shape index (κ2) is 5.04. The number of hydrogen-bond acceptors (Lipinski definition) is 3. The Kier molecular flexibility index (Phi) is 5.68. The first kappa shape index (κ1) is 7.89. The fraction of sp³-hybridized carbons (Fsp3) is 1.00. The third-order valence-electron chi connectivity index (χ3n) is 0.262. The van der Waals surface area contributed by atoms with Crippen LogP contribution in [-0.2, 0) is 12.7 Å². The van der Waals surface area contributed by atoms with Crippen LogP contribution in [0.2, 0.25) is 0 Å². The van der Waals surface area contributed by atoms with E-state index in [1.807, 2.05) is 0 Å². The van der Waals surface area contributed by atoms with Gasteiger partial charge in [0.15, 0.2) is 0 Å². The fourth-order valence-corrected chi connectivity index (χ4v) is 0.795. The summed E-state index contributed by atoms with van der Waals surface area (Å²) in [6, 6.07) is 0. The molecule has 0 fully saturated rings. The van der Waals surface area contributed by atoms with E-state index in [-0.39, 0.29) is 0 Å². The monoisotopic (exact) mass is 164 g/mol. The summed E-state index contributed by atoms with van der Waals surface area (Å²) in [7, 11) is -0.152. The van der Waals surface area contributed by atoms with Crippen LogP contribution in [0.25, 0.3) is 0 Å². The summed E-state index contributed by atoms with van der Waals surface area (Å²) >= 11 is 9.52. The van der Waals surface area contributed by atoms with Crippen molar-refractivity contribution in [1.82, 2.24) is 0 Å². The smallest absolute Gasteiger partial charge is 0.314 e. The Bertz CT molecular complexity index is 34.4. The van der Waals surface area contributed by atoms with Gasteiger partial charge in [0, 0.05) is 7.11 Å². The molecule has 0 aromatic rings. The van der Waals surface area contributed by atoms with Crippen molar-refractivity contribution in [2.24, 2.45) is 0 Å². The molecule has 0 atom stereocenters. The van der Waals surface area contributed by atoms with E-state index < -0.39 is 8.60 Å². The summed E-state index contributed by atoms with van der Waals surface area (Å²) in [4.78, 5) is 0. The highest BCUT2D eigenvalue weighted by molar-refractivity contribution is 7.43. The Balaban J connectivity index is 2.99. The molecule has 0 saturated heterocycles. The second-order valence-corrected chi connectivity index (χ2v) is 2.46. The van der Waals surface area contributed by atoms with E-state index >= 15 is 0 Å². The summed E-state index contributed by atoms with van der Waals surface area (Å²) in [5.74, 6) is 0. The van der Waals surface area contributed by atoms with Crippen LogP contribution >= 0.6 is 32.3 Å². The zero-order valence-corrected chi connectivity index (χ0v) is 5.83. The molecule has 0 radical (unpaired) electrons. The Hall–Kier alpha value is 0.890. The molecule has 0 unspecified atom stereocenters. The molecular formula is CH3Cl2O3P. The van der Waals surface area contributed by atoms with Gasteiger partial charge in [-0.3, -0.25) is 0 Å². The van der Waals surface area contributed by atoms with E-state index in [9.17, 15) is 0 Å². The summed E-state index contributed by atoms with van der Waals surface area (Å²) in [6.07, 6.45) is 0. The first-order valence-electron chi connectivity index (χ1n) is 1.26. The van der Waals surface area contributed by atoms with Gasteiger partial charge in [-0.2, -0.15) is 8.15 Å². The van der Waals surface area contributed by atoms with E-state index in [4.69, 9.17) is 23.7 Å². The normalized spacial score (nSPS) is 10.3. The van der Waals surface area contributed by atoms with Gasteiger partial charge < -0.3 is 4.52 Å². The van der Waals surface area contributed by atoms with Gasteiger partial charge in [-0.15, -0.1) is 0 Å². The second-order valence-electron chi connectivity index (χ2n) is 0.544. The van der Waals surface area contributed by atoms with Crippen LogP contribution in [0.1, 0.15) is 0 Å². The highest BCUT2D eigenvalue weighted by Gasteiger charge is 2.05. The Morgan fingerprint density at radius 2 is 1.71 bits per heavy atom. The maximum atomic E-state index is 4.76. The molecule has 7 heavy (non-hydrogen) atoms. The van der Waals surface area contributed by atoms with Gasteiger partial charge in [-0.05, 0) is 0 Å². The van der Waals surface area contributed by atoms with Crippen LogP contribution in [0.5, 0.6) is 0 Å². The van der Waals surface area contributed by atoms with Crippen LogP contribution in [-0.4, -0.2) is 7.11 Å². The molecule has 0 bridgehead atoms. The van der Waals surface area contributed by atoms with Gasteiger partial charge in [0.05, 0.1) is 23.7 Å². The maximum absolute atomic E-state index is 4.76. The highest BCUT2D eigenvalue weighted by atomic mass is 35.5. The van der Waals surface area contributed by atoms with Crippen LogP contribution in [0, 0.1) is 0 Å². The zero-order chi connectivity index (χ0) is 5.70. The minimum atomic E-state index is -1.52. The predicted octanol–water partition coefficient (Wildman–Crippen LogP) is 2.20. The van der Waals surface area contributed by atoms with Crippen molar-refractivity contribution in [2.75, 3.05) is 7.11 Å². The summed E-state index contributed by atoms with van der Waals surface area (Å²) in [6.45, 7) is 0. The Morgan fingerprint density at radius 3 is 1.71 bits per heavy atom. The van der Waals surface area contributed by atoms with E-state index in [0.717, 1.165) is 0 Å². The largest absolute Gasteiger partial charge is 0.368 e. The maximum Gasteiger partial charge on any atom is 0.368 e. The first-order chi connectivity index (χ1) is 3.35. The lowest BCUT2D eigenvalue weighted by molar-refractivity contribution is 0.341. The third-order valence-corrected chi connectivity index (χ3v) is 1.46. The minimum absolute atomic E-state index is 1.37. The molecular weight excluding hydrogens is 162 g/mol. The molecule has 0 rings (SSSR count). The molecule has 0 spiro atoms. The predicted molar refractivity (Wildman–Crippen MR) is 27.8 cm³/mol. The molecule has 0 aliphatic heterocycles. The minimum Gasteiger partial charge on any atom is -0.314 e. The van der Waals surface area contributed by atoms with E-state index in [2.05, 4.69) is 12.7 Å². The van der Waals surface area contributed by atoms with E-state index in [1.54, 1.807) is 0 Å². The molecule has 0 heterocycles. The van der Waals surface area contributed by atoms with Gasteiger partial charge in [-0.1, -0.05) is 0 Å².